The molecule has 0 saturated heterocycles. The topological polar surface area (TPSA) is 0 Å². The predicted octanol–water partition coefficient (Wildman–Crippen LogP) is 5.15. The first kappa shape index (κ1) is 12.3. The molecule has 0 bridgehead atoms. The lowest BCUT2D eigenvalue weighted by Crippen LogP contribution is -1.97. The number of rotatable bonds is 7. The molecule has 1 rings (SSSR count). The maximum Gasteiger partial charge on any atom is -0.0165 e. The molecular weight excluding hydrogens is 180 g/mol. The van der Waals surface area contributed by atoms with Gasteiger partial charge in [-0.15, -0.1) is 0 Å². The van der Waals surface area contributed by atoms with Crippen LogP contribution in [0, 0.1) is 0 Å². The van der Waals surface area contributed by atoms with Crippen LogP contribution in [-0.2, 0) is 0 Å². The summed E-state index contributed by atoms with van der Waals surface area (Å²) in [7, 11) is 0. The van der Waals surface area contributed by atoms with Crippen LogP contribution >= 0.6 is 0 Å². The van der Waals surface area contributed by atoms with Crippen LogP contribution in [-0.4, -0.2) is 0 Å². The fourth-order valence-electron chi connectivity index (χ4n) is 2.15. The van der Waals surface area contributed by atoms with Gasteiger partial charge in [0.1, 0.15) is 0 Å². The average Bonchev–Trinajstić information content (AvgIpc) is 2.30. The lowest BCUT2D eigenvalue weighted by molar-refractivity contribution is 0.542. The summed E-state index contributed by atoms with van der Waals surface area (Å²) < 4.78 is 0. The Morgan fingerprint density at radius 2 is 1.67 bits per heavy atom. The summed E-state index contributed by atoms with van der Waals surface area (Å²) in [5, 5.41) is 0. The van der Waals surface area contributed by atoms with Gasteiger partial charge in [0, 0.05) is 0 Å². The number of benzene rings is 1. The maximum atomic E-state index is 2.30. The van der Waals surface area contributed by atoms with Gasteiger partial charge in [-0.25, -0.2) is 0 Å². The zero-order chi connectivity index (χ0) is 10.9. The Hall–Kier alpha value is -0.780. The van der Waals surface area contributed by atoms with Gasteiger partial charge in [0.15, 0.2) is 0 Å². The summed E-state index contributed by atoms with van der Waals surface area (Å²) in [6.07, 6.45) is 8.16. The molecule has 0 heteroatoms. The van der Waals surface area contributed by atoms with E-state index in [4.69, 9.17) is 0 Å². The molecule has 0 nitrogen and oxygen atoms in total. The quantitative estimate of drug-likeness (QED) is 0.539. The van der Waals surface area contributed by atoms with Crippen molar-refractivity contribution in [2.45, 2.75) is 58.3 Å². The van der Waals surface area contributed by atoms with Crippen molar-refractivity contribution in [1.82, 2.24) is 0 Å². The second kappa shape index (κ2) is 7.50. The van der Waals surface area contributed by atoms with Gasteiger partial charge >= 0.3 is 0 Å². The van der Waals surface area contributed by atoms with E-state index in [1.807, 2.05) is 0 Å². The van der Waals surface area contributed by atoms with Crippen molar-refractivity contribution in [3.05, 3.63) is 35.9 Å². The van der Waals surface area contributed by atoms with Crippen molar-refractivity contribution in [1.29, 1.82) is 0 Å². The molecule has 0 heterocycles. The van der Waals surface area contributed by atoms with Crippen molar-refractivity contribution < 1.29 is 0 Å². The highest BCUT2D eigenvalue weighted by Gasteiger charge is 2.07. The van der Waals surface area contributed by atoms with Gasteiger partial charge in [0.05, 0.1) is 0 Å². The maximum absolute atomic E-state index is 2.30. The largest absolute Gasteiger partial charge is 0.0654 e. The highest BCUT2D eigenvalue weighted by Crippen LogP contribution is 2.25. The van der Waals surface area contributed by atoms with Gasteiger partial charge in [0.2, 0.25) is 0 Å². The normalized spacial score (nSPS) is 12.7. The van der Waals surface area contributed by atoms with Crippen molar-refractivity contribution >= 4 is 0 Å². The Balaban J connectivity index is 2.36. The van der Waals surface area contributed by atoms with Crippen LogP contribution in [0.15, 0.2) is 30.3 Å². The monoisotopic (exact) mass is 204 g/mol. The highest BCUT2D eigenvalue weighted by molar-refractivity contribution is 5.19. The molecule has 1 atom stereocenters. The molecule has 0 spiro atoms. The molecule has 1 aromatic carbocycles. The molecule has 1 aromatic rings. The minimum atomic E-state index is 0.781. The third-order valence-electron chi connectivity index (χ3n) is 3.17. The van der Waals surface area contributed by atoms with E-state index < -0.39 is 0 Å². The molecular formula is C15H24. The summed E-state index contributed by atoms with van der Waals surface area (Å²) in [6, 6.07) is 11.0. The van der Waals surface area contributed by atoms with E-state index in [2.05, 4.69) is 44.2 Å². The molecule has 15 heavy (non-hydrogen) atoms. The Bertz CT molecular complexity index is 237. The highest BCUT2D eigenvalue weighted by atomic mass is 14.1. The van der Waals surface area contributed by atoms with Gasteiger partial charge in [-0.1, -0.05) is 69.9 Å². The smallest absolute Gasteiger partial charge is 0.0165 e. The second-order valence-electron chi connectivity index (χ2n) is 4.37. The lowest BCUT2D eigenvalue weighted by Gasteiger charge is -2.14. The summed E-state index contributed by atoms with van der Waals surface area (Å²) in [4.78, 5) is 0. The Morgan fingerprint density at radius 3 is 2.27 bits per heavy atom. The molecule has 0 fully saturated rings. The third-order valence-corrected chi connectivity index (χ3v) is 3.17. The summed E-state index contributed by atoms with van der Waals surface area (Å²) >= 11 is 0. The Labute approximate surface area is 94.7 Å². The first-order valence-electron chi connectivity index (χ1n) is 6.43. The van der Waals surface area contributed by atoms with E-state index >= 15 is 0 Å². The Kier molecular flexibility index (Phi) is 6.15. The molecule has 0 N–H and O–H groups in total. The predicted molar refractivity (Wildman–Crippen MR) is 68.2 cm³/mol. The zero-order valence-corrected chi connectivity index (χ0v) is 10.2. The number of unbranched alkanes of at least 4 members (excludes halogenated alkanes) is 3. The minimum absolute atomic E-state index is 0.781. The lowest BCUT2D eigenvalue weighted by atomic mass is 9.91. The van der Waals surface area contributed by atoms with Crippen LogP contribution in [0.25, 0.3) is 0 Å². The van der Waals surface area contributed by atoms with E-state index in [1.54, 1.807) is 0 Å². The van der Waals surface area contributed by atoms with Crippen LogP contribution in [0.2, 0.25) is 0 Å². The second-order valence-corrected chi connectivity index (χ2v) is 4.37. The van der Waals surface area contributed by atoms with E-state index in [-0.39, 0.29) is 0 Å². The van der Waals surface area contributed by atoms with Gasteiger partial charge in [-0.05, 0) is 24.3 Å². The minimum Gasteiger partial charge on any atom is -0.0654 e. The molecule has 0 amide bonds. The third kappa shape index (κ3) is 4.51. The molecule has 84 valence electrons. The average molecular weight is 204 g/mol. The van der Waals surface area contributed by atoms with Gasteiger partial charge < -0.3 is 0 Å². The standard InChI is InChI=1S/C15H24/c1-3-5-6-8-11-14(4-2)15-12-9-7-10-13-15/h7,9-10,12-14H,3-6,8,11H2,1-2H3. The van der Waals surface area contributed by atoms with Gasteiger partial charge in [0.25, 0.3) is 0 Å². The van der Waals surface area contributed by atoms with Gasteiger partial charge in [-0.3, -0.25) is 0 Å². The van der Waals surface area contributed by atoms with Crippen molar-refractivity contribution in [2.24, 2.45) is 0 Å². The fourth-order valence-corrected chi connectivity index (χ4v) is 2.15. The molecule has 0 saturated carbocycles. The van der Waals surface area contributed by atoms with E-state index in [9.17, 15) is 0 Å². The van der Waals surface area contributed by atoms with E-state index in [0.29, 0.717) is 0 Å². The van der Waals surface area contributed by atoms with Crippen LogP contribution in [0.5, 0.6) is 0 Å². The van der Waals surface area contributed by atoms with Crippen LogP contribution in [0.4, 0.5) is 0 Å². The number of hydrogen-bond donors (Lipinski definition) is 0. The first-order chi connectivity index (χ1) is 7.38. The molecule has 1 unspecified atom stereocenters. The summed E-state index contributed by atoms with van der Waals surface area (Å²) in [5.74, 6) is 0.781. The first-order valence-corrected chi connectivity index (χ1v) is 6.43. The molecule has 0 aliphatic heterocycles. The molecule has 0 aromatic heterocycles. The Morgan fingerprint density at radius 1 is 0.933 bits per heavy atom. The van der Waals surface area contributed by atoms with Gasteiger partial charge in [-0.2, -0.15) is 0 Å². The van der Waals surface area contributed by atoms with E-state index in [1.165, 1.54) is 44.1 Å². The van der Waals surface area contributed by atoms with Crippen molar-refractivity contribution in [3.8, 4) is 0 Å². The fraction of sp³-hybridized carbons (Fsp3) is 0.600. The molecule has 0 radical (unpaired) electrons. The van der Waals surface area contributed by atoms with Crippen molar-refractivity contribution in [3.63, 3.8) is 0 Å². The molecule has 0 aliphatic carbocycles. The van der Waals surface area contributed by atoms with Crippen LogP contribution < -0.4 is 0 Å². The zero-order valence-electron chi connectivity index (χ0n) is 10.2. The number of hydrogen-bond acceptors (Lipinski definition) is 0. The SMILES string of the molecule is CCCCCCC(CC)c1ccccc1. The summed E-state index contributed by atoms with van der Waals surface area (Å²) in [6.45, 7) is 4.58. The van der Waals surface area contributed by atoms with E-state index in [0.717, 1.165) is 5.92 Å². The van der Waals surface area contributed by atoms with Crippen LogP contribution in [0.3, 0.4) is 0 Å². The van der Waals surface area contributed by atoms with Crippen LogP contribution in [0.1, 0.15) is 63.9 Å². The summed E-state index contributed by atoms with van der Waals surface area (Å²) in [5.41, 5.74) is 1.52. The van der Waals surface area contributed by atoms with Crippen molar-refractivity contribution in [2.75, 3.05) is 0 Å². The molecule has 0 aliphatic rings.